The molecule has 1 heterocycles. The van der Waals surface area contributed by atoms with Gasteiger partial charge in [0, 0.05) is 17.9 Å². The predicted molar refractivity (Wildman–Crippen MR) is 64.3 cm³/mol. The second kappa shape index (κ2) is 4.06. The minimum Gasteiger partial charge on any atom is -0.461 e. The zero-order valence-electron chi connectivity index (χ0n) is 9.11. The van der Waals surface area contributed by atoms with E-state index >= 15 is 0 Å². The van der Waals surface area contributed by atoms with Gasteiger partial charge in [0.1, 0.15) is 17.2 Å². The average molecular weight is 225 g/mol. The maximum absolute atomic E-state index is 13.0. The smallest absolute Gasteiger partial charge is 0.137 e. The van der Waals surface area contributed by atoms with Gasteiger partial charge >= 0.3 is 0 Å². The highest BCUT2D eigenvalue weighted by Gasteiger charge is 2.05. The molecule has 0 aliphatic carbocycles. The molecule has 0 bridgehead atoms. The largest absolute Gasteiger partial charge is 0.461 e. The van der Waals surface area contributed by atoms with E-state index in [-0.39, 0.29) is 5.82 Å². The summed E-state index contributed by atoms with van der Waals surface area (Å²) in [7, 11) is 0. The molecular weight excluding hydrogens is 215 g/mol. The van der Waals surface area contributed by atoms with Gasteiger partial charge in [-0.3, -0.25) is 0 Å². The topological polar surface area (TPSA) is 13.1 Å². The third-order valence-corrected chi connectivity index (χ3v) is 2.67. The number of rotatable bonds is 2. The Morgan fingerprint density at radius 1 is 1.12 bits per heavy atom. The fourth-order valence-corrected chi connectivity index (χ4v) is 1.88. The van der Waals surface area contributed by atoms with E-state index in [0.29, 0.717) is 12.0 Å². The van der Waals surface area contributed by atoms with Gasteiger partial charge in [-0.2, -0.15) is 0 Å². The van der Waals surface area contributed by atoms with E-state index in [1.807, 2.05) is 36.4 Å². The Morgan fingerprint density at radius 3 is 2.76 bits per heavy atom. The molecule has 0 saturated carbocycles. The van der Waals surface area contributed by atoms with Crippen LogP contribution in [-0.4, -0.2) is 0 Å². The molecule has 1 nitrogen and oxygen atoms in total. The highest BCUT2D eigenvalue weighted by Crippen LogP contribution is 2.21. The van der Waals surface area contributed by atoms with Crippen LogP contribution in [0.3, 0.4) is 0 Å². The summed E-state index contributed by atoms with van der Waals surface area (Å²) in [4.78, 5) is 0. The van der Waals surface area contributed by atoms with Crippen molar-refractivity contribution in [2.75, 3.05) is 0 Å². The zero-order chi connectivity index (χ0) is 11.7. The number of hydrogen-bond donors (Lipinski definition) is 0. The van der Waals surface area contributed by atoms with Gasteiger partial charge in [0.05, 0.1) is 0 Å². The molecule has 0 atom stereocenters. The van der Waals surface area contributed by atoms with Gasteiger partial charge in [-0.25, -0.2) is 4.39 Å². The number of hydrogen-bond acceptors (Lipinski definition) is 1. The maximum atomic E-state index is 13.0. The Morgan fingerprint density at radius 2 is 1.94 bits per heavy atom. The highest BCUT2D eigenvalue weighted by molar-refractivity contribution is 5.77. The Kier molecular flexibility index (Phi) is 2.41. The summed E-state index contributed by atoms with van der Waals surface area (Å²) < 4.78 is 18.6. The molecule has 0 spiro atoms. The van der Waals surface area contributed by atoms with E-state index in [4.69, 9.17) is 4.42 Å². The predicted octanol–water partition coefficient (Wildman–Crippen LogP) is 3.96. The molecular formula is C15H10FO. The van der Waals surface area contributed by atoms with Crippen molar-refractivity contribution in [3.8, 4) is 0 Å². The van der Waals surface area contributed by atoms with Crippen LogP contribution in [0.25, 0.3) is 11.0 Å². The molecule has 0 fully saturated rings. The first kappa shape index (κ1) is 10.1. The first-order valence-corrected chi connectivity index (χ1v) is 5.45. The molecule has 2 heteroatoms. The van der Waals surface area contributed by atoms with Crippen molar-refractivity contribution in [2.45, 2.75) is 6.42 Å². The Balaban J connectivity index is 1.96. The molecule has 83 valence electrons. The van der Waals surface area contributed by atoms with Crippen LogP contribution in [-0.2, 0) is 6.42 Å². The summed E-state index contributed by atoms with van der Waals surface area (Å²) in [5.74, 6) is 0.506. The van der Waals surface area contributed by atoms with Gasteiger partial charge in [-0.1, -0.05) is 30.3 Å². The molecule has 0 unspecified atom stereocenters. The summed E-state index contributed by atoms with van der Waals surface area (Å²) in [5.41, 5.74) is 1.72. The van der Waals surface area contributed by atoms with Crippen LogP contribution in [0, 0.1) is 11.9 Å². The number of fused-ring (bicyclic) bond motifs is 1. The maximum Gasteiger partial charge on any atom is 0.137 e. The summed E-state index contributed by atoms with van der Waals surface area (Å²) in [6.07, 6.45) is 0.713. The summed E-state index contributed by atoms with van der Waals surface area (Å²) in [5, 5.41) is 0.817. The fourth-order valence-electron chi connectivity index (χ4n) is 1.88. The standard InChI is InChI=1S/C15H10FO/c16-13-7-6-12-9-14(17-15(12)10-13)8-11-4-2-1-3-5-11/h1-5,7,9-10H,8H2. The van der Waals surface area contributed by atoms with Gasteiger partial charge in [0.15, 0.2) is 0 Å². The van der Waals surface area contributed by atoms with Crippen LogP contribution in [0.1, 0.15) is 11.3 Å². The Labute approximate surface area is 98.5 Å². The Hall–Kier alpha value is -2.09. The molecule has 17 heavy (non-hydrogen) atoms. The van der Waals surface area contributed by atoms with Crippen molar-refractivity contribution in [2.24, 2.45) is 0 Å². The lowest BCUT2D eigenvalue weighted by atomic mass is 10.1. The van der Waals surface area contributed by atoms with Crippen molar-refractivity contribution >= 4 is 11.0 Å². The van der Waals surface area contributed by atoms with E-state index in [2.05, 4.69) is 6.07 Å². The highest BCUT2D eigenvalue weighted by atomic mass is 19.1. The first-order chi connectivity index (χ1) is 8.31. The lowest BCUT2D eigenvalue weighted by molar-refractivity contribution is 0.557. The number of benzene rings is 2. The SMILES string of the molecule is Fc1c[c]c2cc(Cc3ccccc3)oc2c1. The molecule has 0 aliphatic rings. The van der Waals surface area contributed by atoms with Crippen molar-refractivity contribution in [1.29, 1.82) is 0 Å². The van der Waals surface area contributed by atoms with Crippen molar-refractivity contribution in [3.63, 3.8) is 0 Å². The van der Waals surface area contributed by atoms with Crippen molar-refractivity contribution in [1.82, 2.24) is 0 Å². The minimum absolute atomic E-state index is 0.321. The lowest BCUT2D eigenvalue weighted by Gasteiger charge is -1.96. The van der Waals surface area contributed by atoms with E-state index in [1.165, 1.54) is 17.7 Å². The third-order valence-electron chi connectivity index (χ3n) is 2.67. The van der Waals surface area contributed by atoms with E-state index < -0.39 is 0 Å². The van der Waals surface area contributed by atoms with Gasteiger partial charge in [0.25, 0.3) is 0 Å². The quantitative estimate of drug-likeness (QED) is 0.643. The van der Waals surface area contributed by atoms with Gasteiger partial charge in [-0.15, -0.1) is 0 Å². The first-order valence-electron chi connectivity index (χ1n) is 5.45. The van der Waals surface area contributed by atoms with Crippen LogP contribution < -0.4 is 0 Å². The average Bonchev–Trinajstić information content (AvgIpc) is 2.71. The summed E-state index contributed by atoms with van der Waals surface area (Å²) >= 11 is 0. The van der Waals surface area contributed by atoms with Gasteiger partial charge < -0.3 is 4.42 Å². The molecule has 3 rings (SSSR count). The lowest BCUT2D eigenvalue weighted by Crippen LogP contribution is -1.83. The second-order valence-electron chi connectivity index (χ2n) is 3.97. The van der Waals surface area contributed by atoms with Crippen LogP contribution in [0.15, 0.2) is 52.9 Å². The second-order valence-corrected chi connectivity index (χ2v) is 3.97. The third kappa shape index (κ3) is 2.07. The van der Waals surface area contributed by atoms with Crippen molar-refractivity contribution < 1.29 is 8.81 Å². The van der Waals surface area contributed by atoms with Crippen LogP contribution in [0.5, 0.6) is 0 Å². The van der Waals surface area contributed by atoms with E-state index in [9.17, 15) is 4.39 Å². The molecule has 0 saturated heterocycles. The van der Waals surface area contributed by atoms with E-state index in [0.717, 1.165) is 11.1 Å². The number of halogens is 1. The van der Waals surface area contributed by atoms with Gasteiger partial charge in [0.2, 0.25) is 0 Å². The van der Waals surface area contributed by atoms with Crippen molar-refractivity contribution in [3.05, 3.63) is 71.7 Å². The molecule has 0 aliphatic heterocycles. The molecule has 0 N–H and O–H groups in total. The number of furan rings is 1. The van der Waals surface area contributed by atoms with Crippen LogP contribution >= 0.6 is 0 Å². The minimum atomic E-state index is -0.321. The molecule has 1 aromatic heterocycles. The molecule has 3 aromatic rings. The zero-order valence-corrected chi connectivity index (χ0v) is 9.11. The fraction of sp³-hybridized carbons (Fsp3) is 0.0667. The monoisotopic (exact) mass is 225 g/mol. The normalized spacial score (nSPS) is 10.9. The Bertz CT molecular complexity index is 640. The summed E-state index contributed by atoms with van der Waals surface area (Å²) in [6.45, 7) is 0. The van der Waals surface area contributed by atoms with Crippen LogP contribution in [0.2, 0.25) is 0 Å². The van der Waals surface area contributed by atoms with E-state index in [1.54, 1.807) is 0 Å². The molecule has 2 aromatic carbocycles. The van der Waals surface area contributed by atoms with Gasteiger partial charge in [-0.05, 0) is 23.8 Å². The molecule has 1 radical (unpaired) electrons. The summed E-state index contributed by atoms with van der Waals surface area (Å²) in [6, 6.07) is 17.5. The van der Waals surface area contributed by atoms with Crippen LogP contribution in [0.4, 0.5) is 4.39 Å². The molecule has 0 amide bonds.